The Labute approximate surface area is 239 Å². The zero-order valence-corrected chi connectivity index (χ0v) is 24.7. The molecule has 0 bridgehead atoms. The molecular weight excluding hydrogens is 534 g/mol. The van der Waals surface area contributed by atoms with Gasteiger partial charge in [0.15, 0.2) is 5.17 Å². The summed E-state index contributed by atoms with van der Waals surface area (Å²) in [5.41, 5.74) is 2.38. The molecule has 0 N–H and O–H groups in total. The summed E-state index contributed by atoms with van der Waals surface area (Å²) >= 11 is 1.41. The van der Waals surface area contributed by atoms with E-state index in [1.54, 1.807) is 52.9 Å². The summed E-state index contributed by atoms with van der Waals surface area (Å²) in [6.07, 6.45) is 1.20. The van der Waals surface area contributed by atoms with Crippen LogP contribution in [0.1, 0.15) is 58.6 Å². The number of thioether (sulfide) groups is 1. The number of esters is 2. The predicted octanol–water partition coefficient (Wildman–Crippen LogP) is 4.42. The molecule has 0 spiro atoms. The standard InChI is InChI=1S/C29H37N3O7S/c1-7-38-27(34)19-9-8-10-31(15-19)24(33)13-21-16-40-29-30-18(4)25(28(35)39-17(2)3)26(32(21)29)20-11-22(36-5)14-23(12-20)37-6/h11-12,14,16-17,19,26H,7-10,13,15H2,1-6H3/t19-,26+/m0/s1. The van der Waals surface area contributed by atoms with Gasteiger partial charge >= 0.3 is 11.9 Å². The lowest BCUT2D eigenvalue weighted by Gasteiger charge is -2.37. The van der Waals surface area contributed by atoms with Crippen molar-refractivity contribution in [3.05, 3.63) is 46.1 Å². The molecule has 0 aliphatic carbocycles. The van der Waals surface area contributed by atoms with Crippen molar-refractivity contribution in [3.8, 4) is 11.5 Å². The Balaban J connectivity index is 1.67. The maximum Gasteiger partial charge on any atom is 0.338 e. The number of amides is 1. The van der Waals surface area contributed by atoms with Gasteiger partial charge < -0.3 is 28.7 Å². The van der Waals surface area contributed by atoms with E-state index in [0.29, 0.717) is 59.8 Å². The van der Waals surface area contributed by atoms with Crippen LogP contribution in [-0.4, -0.2) is 72.8 Å². The SMILES string of the molecule is CCOC(=O)[C@H]1CCCN(C(=O)CC2=CSC3=NC(C)=C(C(=O)OC(C)C)[C@@H](c4cc(OC)cc(OC)c4)N23)C1. The highest BCUT2D eigenvalue weighted by atomic mass is 32.2. The van der Waals surface area contributed by atoms with E-state index in [2.05, 4.69) is 0 Å². The summed E-state index contributed by atoms with van der Waals surface area (Å²) in [6.45, 7) is 8.40. The molecule has 0 aromatic heterocycles. The van der Waals surface area contributed by atoms with Crippen LogP contribution in [0.5, 0.6) is 11.5 Å². The Morgan fingerprint density at radius 1 is 1.12 bits per heavy atom. The molecule has 1 amide bonds. The van der Waals surface area contributed by atoms with Crippen molar-refractivity contribution in [2.24, 2.45) is 10.9 Å². The molecular formula is C29H37N3O7S. The van der Waals surface area contributed by atoms with Gasteiger partial charge in [0.2, 0.25) is 5.91 Å². The molecule has 1 saturated heterocycles. The summed E-state index contributed by atoms with van der Waals surface area (Å²) in [5.74, 6) is -0.0165. The fourth-order valence-electron chi connectivity index (χ4n) is 5.13. The zero-order valence-electron chi connectivity index (χ0n) is 23.9. The van der Waals surface area contributed by atoms with Crippen LogP contribution in [0.3, 0.4) is 0 Å². The summed E-state index contributed by atoms with van der Waals surface area (Å²) in [4.78, 5) is 47.7. The molecule has 1 fully saturated rings. The maximum absolute atomic E-state index is 13.5. The summed E-state index contributed by atoms with van der Waals surface area (Å²) in [7, 11) is 3.14. The second-order valence-corrected chi connectivity index (χ2v) is 10.9. The van der Waals surface area contributed by atoms with Crippen LogP contribution in [0, 0.1) is 5.92 Å². The number of fused-ring (bicyclic) bond motifs is 1. The van der Waals surface area contributed by atoms with Crippen molar-refractivity contribution < 1.29 is 33.3 Å². The van der Waals surface area contributed by atoms with Crippen molar-refractivity contribution in [1.29, 1.82) is 0 Å². The van der Waals surface area contributed by atoms with Crippen LogP contribution in [-0.2, 0) is 23.9 Å². The lowest BCUT2D eigenvalue weighted by molar-refractivity contribution is -0.151. The van der Waals surface area contributed by atoms with Crippen LogP contribution >= 0.6 is 11.8 Å². The minimum Gasteiger partial charge on any atom is -0.497 e. The quantitative estimate of drug-likeness (QED) is 0.398. The number of aliphatic imine (C=N–C) groups is 1. The van der Waals surface area contributed by atoms with E-state index in [1.807, 2.05) is 22.4 Å². The molecule has 3 aliphatic heterocycles. The number of likely N-dealkylation sites (tertiary alicyclic amines) is 1. The molecule has 1 aromatic rings. The smallest absolute Gasteiger partial charge is 0.338 e. The monoisotopic (exact) mass is 571 g/mol. The summed E-state index contributed by atoms with van der Waals surface area (Å²) in [5, 5.41) is 2.56. The lowest BCUT2D eigenvalue weighted by Crippen LogP contribution is -2.44. The first-order valence-electron chi connectivity index (χ1n) is 13.5. The molecule has 10 nitrogen and oxygen atoms in total. The molecule has 3 aliphatic rings. The topological polar surface area (TPSA) is 107 Å². The van der Waals surface area contributed by atoms with Crippen molar-refractivity contribution in [3.63, 3.8) is 0 Å². The molecule has 11 heteroatoms. The Bertz CT molecular complexity index is 1230. The molecule has 4 rings (SSSR count). The molecule has 216 valence electrons. The molecule has 0 saturated carbocycles. The van der Waals surface area contributed by atoms with Crippen molar-refractivity contribution in [2.45, 2.75) is 59.1 Å². The van der Waals surface area contributed by atoms with Gasteiger partial charge in [0.1, 0.15) is 11.5 Å². The number of hydrogen-bond acceptors (Lipinski definition) is 10. The largest absolute Gasteiger partial charge is 0.497 e. The zero-order chi connectivity index (χ0) is 29.0. The highest BCUT2D eigenvalue weighted by molar-refractivity contribution is 8.16. The fraction of sp³-hybridized carbons (Fsp3) is 0.517. The number of ether oxygens (including phenoxy) is 4. The number of hydrogen-bond donors (Lipinski definition) is 0. The number of carbonyl (C=O) groups is 3. The van der Waals surface area contributed by atoms with Crippen LogP contribution in [0.25, 0.3) is 0 Å². The van der Waals surface area contributed by atoms with E-state index in [1.165, 1.54) is 11.8 Å². The Morgan fingerprint density at radius 2 is 1.82 bits per heavy atom. The van der Waals surface area contributed by atoms with Crippen molar-refractivity contribution in [2.75, 3.05) is 33.9 Å². The maximum atomic E-state index is 13.5. The van der Waals surface area contributed by atoms with E-state index in [0.717, 1.165) is 12.0 Å². The average molecular weight is 572 g/mol. The number of rotatable bonds is 9. The predicted molar refractivity (Wildman–Crippen MR) is 152 cm³/mol. The van der Waals surface area contributed by atoms with E-state index in [9.17, 15) is 14.4 Å². The van der Waals surface area contributed by atoms with Crippen LogP contribution in [0.15, 0.2) is 45.6 Å². The van der Waals surface area contributed by atoms with Crippen molar-refractivity contribution in [1.82, 2.24) is 9.80 Å². The Kier molecular flexibility index (Phi) is 9.44. The van der Waals surface area contributed by atoms with E-state index >= 15 is 0 Å². The normalized spacial score (nSPS) is 20.6. The molecule has 3 heterocycles. The highest BCUT2D eigenvalue weighted by Gasteiger charge is 2.42. The van der Waals surface area contributed by atoms with Crippen LogP contribution in [0.4, 0.5) is 0 Å². The minimum absolute atomic E-state index is 0.0880. The highest BCUT2D eigenvalue weighted by Crippen LogP contribution is 2.46. The number of benzene rings is 1. The molecule has 2 atom stereocenters. The van der Waals surface area contributed by atoms with E-state index in [4.69, 9.17) is 23.9 Å². The first-order valence-corrected chi connectivity index (χ1v) is 14.4. The van der Waals surface area contributed by atoms with Gasteiger partial charge in [-0.3, -0.25) is 9.59 Å². The number of methoxy groups -OCH3 is 2. The van der Waals surface area contributed by atoms with Gasteiger partial charge in [-0.2, -0.15) is 0 Å². The molecule has 0 radical (unpaired) electrons. The van der Waals surface area contributed by atoms with Crippen LogP contribution < -0.4 is 9.47 Å². The first kappa shape index (κ1) is 29.5. The summed E-state index contributed by atoms with van der Waals surface area (Å²) in [6, 6.07) is 4.84. The van der Waals surface area contributed by atoms with Gasteiger partial charge in [-0.15, -0.1) is 0 Å². The van der Waals surface area contributed by atoms with Gasteiger partial charge in [0, 0.05) is 24.9 Å². The van der Waals surface area contributed by atoms with E-state index in [-0.39, 0.29) is 30.3 Å². The molecule has 1 aromatic carbocycles. The number of allylic oxidation sites excluding steroid dienone is 1. The Hall–Kier alpha value is -3.47. The third kappa shape index (κ3) is 6.29. The number of nitrogens with zero attached hydrogens (tertiary/aromatic N) is 3. The molecule has 40 heavy (non-hydrogen) atoms. The number of amidine groups is 1. The van der Waals surface area contributed by atoms with Crippen LogP contribution in [0.2, 0.25) is 0 Å². The van der Waals surface area contributed by atoms with Gasteiger partial charge in [-0.1, -0.05) is 11.8 Å². The second kappa shape index (κ2) is 12.8. The lowest BCUT2D eigenvalue weighted by atomic mass is 9.93. The summed E-state index contributed by atoms with van der Waals surface area (Å²) < 4.78 is 21.9. The van der Waals surface area contributed by atoms with Gasteiger partial charge in [-0.05, 0) is 63.6 Å². The van der Waals surface area contributed by atoms with Gasteiger partial charge in [0.25, 0.3) is 0 Å². The third-order valence-corrected chi connectivity index (χ3v) is 7.87. The molecule has 0 unspecified atom stereocenters. The second-order valence-electron chi connectivity index (χ2n) is 10.1. The first-order chi connectivity index (χ1) is 19.2. The fourth-order valence-corrected chi connectivity index (χ4v) is 6.10. The average Bonchev–Trinajstić information content (AvgIpc) is 3.33. The Morgan fingerprint density at radius 3 is 2.45 bits per heavy atom. The van der Waals surface area contributed by atoms with Gasteiger partial charge in [-0.25, -0.2) is 9.79 Å². The minimum atomic E-state index is -0.620. The van der Waals surface area contributed by atoms with Gasteiger partial charge in [0.05, 0.1) is 56.6 Å². The number of piperidine rings is 1. The number of carbonyl (C=O) groups excluding carboxylic acids is 3. The van der Waals surface area contributed by atoms with Crippen molar-refractivity contribution >= 4 is 34.8 Å². The van der Waals surface area contributed by atoms with E-state index < -0.39 is 12.0 Å². The third-order valence-electron chi connectivity index (χ3n) is 6.98.